The highest BCUT2D eigenvalue weighted by atomic mass is 16.2. The zero-order chi connectivity index (χ0) is 15.6. The first-order valence-corrected chi connectivity index (χ1v) is 8.23. The molecule has 2 aromatic carbocycles. The van der Waals surface area contributed by atoms with Gasteiger partial charge in [0.15, 0.2) is 0 Å². The second-order valence-electron chi connectivity index (χ2n) is 6.24. The molecule has 1 N–H and O–H groups in total. The van der Waals surface area contributed by atoms with Gasteiger partial charge in [-0.05, 0) is 42.5 Å². The summed E-state index contributed by atoms with van der Waals surface area (Å²) >= 11 is 0. The molecule has 0 atom stereocenters. The number of piperidine rings is 1. The highest BCUT2D eigenvalue weighted by Crippen LogP contribution is 2.30. The fourth-order valence-corrected chi connectivity index (χ4v) is 3.47. The predicted molar refractivity (Wildman–Crippen MR) is 92.6 cm³/mol. The summed E-state index contributed by atoms with van der Waals surface area (Å²) in [7, 11) is 0. The van der Waals surface area contributed by atoms with E-state index in [1.807, 2.05) is 35.2 Å². The monoisotopic (exact) mass is 304 g/mol. The second-order valence-corrected chi connectivity index (χ2v) is 6.24. The number of nitrogens with zero attached hydrogens (tertiary/aromatic N) is 1. The van der Waals surface area contributed by atoms with Gasteiger partial charge in [-0.15, -0.1) is 0 Å². The Kier molecular flexibility index (Phi) is 3.62. The number of likely N-dealkylation sites (tertiary alicyclic amines) is 1. The predicted octanol–water partition coefficient (Wildman–Crippen LogP) is 4.19. The molecule has 1 fully saturated rings. The average molecular weight is 304 g/mol. The molecule has 1 aliphatic rings. The number of nitrogens with one attached hydrogen (secondary N) is 1. The number of H-pyrrole nitrogens is 1. The van der Waals surface area contributed by atoms with Crippen LogP contribution in [-0.4, -0.2) is 28.9 Å². The maximum absolute atomic E-state index is 12.5. The molecule has 0 unspecified atom stereocenters. The maximum atomic E-state index is 12.5. The van der Waals surface area contributed by atoms with Gasteiger partial charge in [-0.25, -0.2) is 0 Å². The summed E-state index contributed by atoms with van der Waals surface area (Å²) in [6.07, 6.45) is 2.04. The van der Waals surface area contributed by atoms with E-state index in [0.717, 1.165) is 31.5 Å². The Labute approximate surface area is 135 Å². The first-order chi connectivity index (χ1) is 11.3. The van der Waals surface area contributed by atoms with Crippen molar-refractivity contribution in [2.45, 2.75) is 18.8 Å². The molecule has 23 heavy (non-hydrogen) atoms. The molecule has 4 rings (SSSR count). The Morgan fingerprint density at radius 1 is 0.957 bits per heavy atom. The van der Waals surface area contributed by atoms with Crippen molar-refractivity contribution >= 4 is 16.8 Å². The second kappa shape index (κ2) is 5.92. The van der Waals surface area contributed by atoms with Crippen LogP contribution in [0, 0.1) is 0 Å². The summed E-state index contributed by atoms with van der Waals surface area (Å²) in [5, 5.41) is 1.27. The Morgan fingerprint density at radius 2 is 1.65 bits per heavy atom. The van der Waals surface area contributed by atoms with Crippen molar-refractivity contribution in [3.8, 4) is 0 Å². The van der Waals surface area contributed by atoms with Crippen LogP contribution in [0.5, 0.6) is 0 Å². The molecular weight excluding hydrogens is 284 g/mol. The molecule has 0 spiro atoms. The van der Waals surface area contributed by atoms with Crippen molar-refractivity contribution in [2.75, 3.05) is 13.1 Å². The lowest BCUT2D eigenvalue weighted by molar-refractivity contribution is 0.0712. The number of aromatic amines is 1. The highest BCUT2D eigenvalue weighted by molar-refractivity contribution is 5.94. The van der Waals surface area contributed by atoms with Crippen molar-refractivity contribution < 1.29 is 4.79 Å². The number of para-hydroxylation sites is 1. The van der Waals surface area contributed by atoms with Crippen LogP contribution in [0.2, 0.25) is 0 Å². The van der Waals surface area contributed by atoms with Crippen molar-refractivity contribution in [2.24, 2.45) is 0 Å². The number of rotatable bonds is 2. The van der Waals surface area contributed by atoms with E-state index in [1.165, 1.54) is 16.6 Å². The Bertz CT molecular complexity index is 781. The van der Waals surface area contributed by atoms with Gasteiger partial charge < -0.3 is 9.88 Å². The van der Waals surface area contributed by atoms with Gasteiger partial charge in [-0.2, -0.15) is 0 Å². The van der Waals surface area contributed by atoms with Crippen LogP contribution in [0.15, 0.2) is 60.7 Å². The standard InChI is InChI=1S/C20H20N2O/c23-20(16-6-2-1-3-7-16)22-12-10-15(11-13-22)19-14-17-8-4-5-9-18(17)21-19/h1-9,14-15,21H,10-13H2. The van der Waals surface area contributed by atoms with Crippen LogP contribution in [-0.2, 0) is 0 Å². The average Bonchev–Trinajstić information content (AvgIpc) is 3.06. The van der Waals surface area contributed by atoms with Crippen molar-refractivity contribution in [3.05, 3.63) is 71.9 Å². The molecule has 116 valence electrons. The lowest BCUT2D eigenvalue weighted by Crippen LogP contribution is -2.37. The number of amides is 1. The normalized spacial score (nSPS) is 15.9. The summed E-state index contributed by atoms with van der Waals surface area (Å²) in [6.45, 7) is 1.65. The molecule has 2 heterocycles. The van der Waals surface area contributed by atoms with Gasteiger partial charge in [-0.3, -0.25) is 4.79 Å². The number of hydrogen-bond donors (Lipinski definition) is 1. The van der Waals surface area contributed by atoms with Gasteiger partial charge in [0.2, 0.25) is 0 Å². The Balaban J connectivity index is 1.45. The Hall–Kier alpha value is -2.55. The minimum absolute atomic E-state index is 0.153. The molecule has 3 aromatic rings. The minimum Gasteiger partial charge on any atom is -0.358 e. The van der Waals surface area contributed by atoms with E-state index >= 15 is 0 Å². The van der Waals surface area contributed by atoms with Gasteiger partial charge in [0.25, 0.3) is 5.91 Å². The van der Waals surface area contributed by atoms with Gasteiger partial charge in [0.1, 0.15) is 0 Å². The van der Waals surface area contributed by atoms with Crippen LogP contribution in [0.3, 0.4) is 0 Å². The number of carbonyl (C=O) groups excluding carboxylic acids is 1. The molecule has 1 aliphatic heterocycles. The third-order valence-corrected chi connectivity index (χ3v) is 4.79. The lowest BCUT2D eigenvalue weighted by atomic mass is 9.93. The van der Waals surface area contributed by atoms with Crippen LogP contribution in [0.1, 0.15) is 34.8 Å². The van der Waals surface area contributed by atoms with Gasteiger partial charge in [0.05, 0.1) is 0 Å². The van der Waals surface area contributed by atoms with E-state index in [0.29, 0.717) is 5.92 Å². The molecule has 0 saturated carbocycles. The van der Waals surface area contributed by atoms with E-state index in [1.54, 1.807) is 0 Å². The molecular formula is C20H20N2O. The first-order valence-electron chi connectivity index (χ1n) is 8.23. The van der Waals surface area contributed by atoms with Crippen LogP contribution < -0.4 is 0 Å². The van der Waals surface area contributed by atoms with Gasteiger partial charge >= 0.3 is 0 Å². The van der Waals surface area contributed by atoms with Gasteiger partial charge in [-0.1, -0.05) is 36.4 Å². The quantitative estimate of drug-likeness (QED) is 0.757. The number of carbonyl (C=O) groups is 1. The number of fused-ring (bicyclic) bond motifs is 1. The SMILES string of the molecule is O=C(c1ccccc1)N1CCC(c2cc3ccccc3[nH]2)CC1. The lowest BCUT2D eigenvalue weighted by Gasteiger charge is -2.31. The summed E-state index contributed by atoms with van der Waals surface area (Å²) < 4.78 is 0. The molecule has 3 nitrogen and oxygen atoms in total. The summed E-state index contributed by atoms with van der Waals surface area (Å²) in [6, 6.07) is 20.2. The van der Waals surface area contributed by atoms with E-state index in [-0.39, 0.29) is 5.91 Å². The van der Waals surface area contributed by atoms with Gasteiger partial charge in [0, 0.05) is 35.8 Å². The van der Waals surface area contributed by atoms with Crippen LogP contribution >= 0.6 is 0 Å². The number of aromatic nitrogens is 1. The van der Waals surface area contributed by atoms with E-state index < -0.39 is 0 Å². The van der Waals surface area contributed by atoms with Crippen LogP contribution in [0.25, 0.3) is 10.9 Å². The van der Waals surface area contributed by atoms with Crippen molar-refractivity contribution in [3.63, 3.8) is 0 Å². The smallest absolute Gasteiger partial charge is 0.253 e. The molecule has 0 bridgehead atoms. The molecule has 1 amide bonds. The Morgan fingerprint density at radius 3 is 2.39 bits per heavy atom. The van der Waals surface area contributed by atoms with E-state index in [4.69, 9.17) is 0 Å². The topological polar surface area (TPSA) is 36.1 Å². The van der Waals surface area contributed by atoms with E-state index in [9.17, 15) is 4.79 Å². The largest absolute Gasteiger partial charge is 0.358 e. The van der Waals surface area contributed by atoms with Crippen molar-refractivity contribution in [1.29, 1.82) is 0 Å². The summed E-state index contributed by atoms with van der Waals surface area (Å²) in [5.74, 6) is 0.669. The van der Waals surface area contributed by atoms with Crippen LogP contribution in [0.4, 0.5) is 0 Å². The molecule has 1 aromatic heterocycles. The van der Waals surface area contributed by atoms with Crippen molar-refractivity contribution in [1.82, 2.24) is 9.88 Å². The fourth-order valence-electron chi connectivity index (χ4n) is 3.47. The first kappa shape index (κ1) is 14.1. The molecule has 1 saturated heterocycles. The third kappa shape index (κ3) is 2.74. The number of hydrogen-bond acceptors (Lipinski definition) is 1. The summed E-state index contributed by atoms with van der Waals surface area (Å²) in [4.78, 5) is 18.0. The molecule has 0 aliphatic carbocycles. The molecule has 3 heteroatoms. The summed E-state index contributed by atoms with van der Waals surface area (Å²) in [5.41, 5.74) is 3.29. The zero-order valence-corrected chi connectivity index (χ0v) is 13.0. The minimum atomic E-state index is 0.153. The third-order valence-electron chi connectivity index (χ3n) is 4.79. The fraction of sp³-hybridized carbons (Fsp3) is 0.250. The van der Waals surface area contributed by atoms with E-state index in [2.05, 4.69) is 35.3 Å². The maximum Gasteiger partial charge on any atom is 0.253 e. The molecule has 0 radical (unpaired) electrons. The highest BCUT2D eigenvalue weighted by Gasteiger charge is 2.25. The zero-order valence-electron chi connectivity index (χ0n) is 13.0. The number of benzene rings is 2.